The third-order valence-electron chi connectivity index (χ3n) is 2.91. The number of isothiocyanates is 1. The summed E-state index contributed by atoms with van der Waals surface area (Å²) in [6.45, 7) is 1.92. The van der Waals surface area contributed by atoms with Crippen molar-refractivity contribution in [3.8, 4) is 5.75 Å². The molecule has 0 heterocycles. The average molecular weight is 349 g/mol. The summed E-state index contributed by atoms with van der Waals surface area (Å²) in [6.07, 6.45) is 0. The lowest BCUT2D eigenvalue weighted by atomic mass is 10.2. The highest BCUT2D eigenvalue weighted by atomic mass is 32.2. The molecule has 0 bridgehead atoms. The number of ether oxygens (including phenoxy) is 1. The van der Waals surface area contributed by atoms with Crippen LogP contribution in [0.15, 0.2) is 58.4 Å². The van der Waals surface area contributed by atoms with Gasteiger partial charge in [0, 0.05) is 0 Å². The Labute approximate surface area is 140 Å². The third kappa shape index (κ3) is 5.26. The van der Waals surface area contributed by atoms with Crippen molar-refractivity contribution >= 4 is 33.2 Å². The average Bonchev–Trinajstić information content (AvgIpc) is 2.54. The largest absolute Gasteiger partial charge is 0.491 e. The van der Waals surface area contributed by atoms with E-state index in [0.717, 1.165) is 5.56 Å². The van der Waals surface area contributed by atoms with Gasteiger partial charge in [-0.15, -0.1) is 0 Å². The van der Waals surface area contributed by atoms with Gasteiger partial charge in [-0.1, -0.05) is 17.7 Å². The first-order chi connectivity index (χ1) is 11.0. The van der Waals surface area contributed by atoms with Gasteiger partial charge in [-0.3, -0.25) is 4.18 Å². The van der Waals surface area contributed by atoms with Crippen LogP contribution in [0.25, 0.3) is 0 Å². The minimum atomic E-state index is -3.76. The second-order valence-corrected chi connectivity index (χ2v) is 6.43. The van der Waals surface area contributed by atoms with Crippen LogP contribution in [-0.2, 0) is 14.3 Å². The van der Waals surface area contributed by atoms with E-state index in [9.17, 15) is 8.42 Å². The number of nitrogens with zero attached hydrogens (tertiary/aromatic N) is 1. The first kappa shape index (κ1) is 17.3. The van der Waals surface area contributed by atoms with E-state index in [1.807, 2.05) is 6.92 Å². The standard InChI is InChI=1S/C16H15NO4S2/c1-13-2-8-16(9-3-13)23(18,19)21-11-10-20-15-6-4-14(5-7-15)17-12-22/h2-9H,10-11H2,1H3. The summed E-state index contributed by atoms with van der Waals surface area (Å²) in [4.78, 5) is 3.95. The Bertz CT molecular complexity index is 793. The van der Waals surface area contributed by atoms with Gasteiger partial charge in [-0.25, -0.2) is 0 Å². The Morgan fingerprint density at radius 3 is 2.30 bits per heavy atom. The fourth-order valence-corrected chi connectivity index (χ4v) is 2.74. The molecule has 7 heteroatoms. The monoisotopic (exact) mass is 349 g/mol. The van der Waals surface area contributed by atoms with E-state index in [2.05, 4.69) is 22.4 Å². The molecule has 2 aromatic carbocycles. The number of aliphatic imine (C=N–C) groups is 1. The van der Waals surface area contributed by atoms with Crippen molar-refractivity contribution < 1.29 is 17.3 Å². The van der Waals surface area contributed by atoms with Gasteiger partial charge in [0.1, 0.15) is 19.0 Å². The molecule has 0 fully saturated rings. The fraction of sp³-hybridized carbons (Fsp3) is 0.188. The van der Waals surface area contributed by atoms with Crippen LogP contribution >= 0.6 is 12.2 Å². The molecular formula is C16H15NO4S2. The van der Waals surface area contributed by atoms with E-state index in [1.165, 1.54) is 12.1 Å². The third-order valence-corrected chi connectivity index (χ3v) is 4.33. The first-order valence-electron chi connectivity index (χ1n) is 6.78. The van der Waals surface area contributed by atoms with Gasteiger partial charge in [0.15, 0.2) is 0 Å². The molecule has 0 aliphatic rings. The Morgan fingerprint density at radius 2 is 1.70 bits per heavy atom. The summed E-state index contributed by atoms with van der Waals surface area (Å²) in [5.41, 5.74) is 1.65. The Morgan fingerprint density at radius 1 is 1.04 bits per heavy atom. The van der Waals surface area contributed by atoms with Crippen molar-refractivity contribution in [2.45, 2.75) is 11.8 Å². The van der Waals surface area contributed by atoms with E-state index in [1.54, 1.807) is 36.4 Å². The molecule has 2 rings (SSSR count). The molecule has 120 valence electrons. The van der Waals surface area contributed by atoms with Crippen LogP contribution in [0.4, 0.5) is 5.69 Å². The number of hydrogen-bond acceptors (Lipinski definition) is 6. The minimum Gasteiger partial charge on any atom is -0.491 e. The number of benzene rings is 2. The molecule has 0 aliphatic heterocycles. The lowest BCUT2D eigenvalue weighted by Crippen LogP contribution is -2.13. The van der Waals surface area contributed by atoms with Crippen LogP contribution in [0.1, 0.15) is 5.56 Å². The molecule has 2 aromatic rings. The maximum absolute atomic E-state index is 12.0. The summed E-state index contributed by atoms with van der Waals surface area (Å²) in [5, 5.41) is 2.27. The molecular weight excluding hydrogens is 334 g/mol. The molecule has 0 saturated heterocycles. The van der Waals surface area contributed by atoms with Crippen molar-refractivity contribution in [2.75, 3.05) is 13.2 Å². The molecule has 0 saturated carbocycles. The van der Waals surface area contributed by atoms with Crippen molar-refractivity contribution in [1.82, 2.24) is 0 Å². The number of thiocarbonyl (C=S) groups is 1. The predicted molar refractivity (Wildman–Crippen MR) is 90.9 cm³/mol. The SMILES string of the molecule is Cc1ccc(S(=O)(=O)OCCOc2ccc(N=C=S)cc2)cc1. The fourth-order valence-electron chi connectivity index (χ4n) is 1.75. The zero-order valence-electron chi connectivity index (χ0n) is 12.4. The highest BCUT2D eigenvalue weighted by Gasteiger charge is 2.14. The molecule has 0 aromatic heterocycles. The van der Waals surface area contributed by atoms with Gasteiger partial charge in [-0.2, -0.15) is 13.4 Å². The lowest BCUT2D eigenvalue weighted by molar-refractivity contribution is 0.221. The predicted octanol–water partition coefficient (Wildman–Crippen LogP) is 3.51. The quantitative estimate of drug-likeness (QED) is 0.331. The molecule has 5 nitrogen and oxygen atoms in total. The van der Waals surface area contributed by atoms with E-state index in [-0.39, 0.29) is 18.1 Å². The highest BCUT2D eigenvalue weighted by molar-refractivity contribution is 7.86. The molecule has 0 amide bonds. The van der Waals surface area contributed by atoms with E-state index < -0.39 is 10.1 Å². The van der Waals surface area contributed by atoms with Gasteiger partial charge >= 0.3 is 0 Å². The molecule has 0 unspecified atom stereocenters. The van der Waals surface area contributed by atoms with Gasteiger partial charge in [0.05, 0.1) is 15.7 Å². The Balaban J connectivity index is 1.84. The van der Waals surface area contributed by atoms with Crippen LogP contribution < -0.4 is 4.74 Å². The van der Waals surface area contributed by atoms with Crippen molar-refractivity contribution in [2.24, 2.45) is 4.99 Å². The number of aryl methyl sites for hydroxylation is 1. The maximum Gasteiger partial charge on any atom is 0.297 e. The van der Waals surface area contributed by atoms with Crippen molar-refractivity contribution in [1.29, 1.82) is 0 Å². The Kier molecular flexibility index (Phi) is 6.01. The maximum atomic E-state index is 12.0. The summed E-state index contributed by atoms with van der Waals surface area (Å²) >= 11 is 4.51. The smallest absolute Gasteiger partial charge is 0.297 e. The summed E-state index contributed by atoms with van der Waals surface area (Å²) in [7, 11) is -3.76. The topological polar surface area (TPSA) is 65.0 Å². The number of rotatable bonds is 7. The molecule has 0 radical (unpaired) electrons. The lowest BCUT2D eigenvalue weighted by Gasteiger charge is -2.08. The second-order valence-electron chi connectivity index (χ2n) is 4.63. The van der Waals surface area contributed by atoms with E-state index in [0.29, 0.717) is 11.4 Å². The van der Waals surface area contributed by atoms with Crippen molar-refractivity contribution in [3.63, 3.8) is 0 Å². The van der Waals surface area contributed by atoms with E-state index in [4.69, 9.17) is 8.92 Å². The van der Waals surface area contributed by atoms with Gasteiger partial charge in [0.25, 0.3) is 10.1 Å². The van der Waals surface area contributed by atoms with Crippen LogP contribution in [0.3, 0.4) is 0 Å². The Hall–Kier alpha value is -2.05. The first-order valence-corrected chi connectivity index (χ1v) is 8.60. The minimum absolute atomic E-state index is 0.0734. The van der Waals surface area contributed by atoms with E-state index >= 15 is 0 Å². The van der Waals surface area contributed by atoms with Gasteiger partial charge in [-0.05, 0) is 55.5 Å². The summed E-state index contributed by atoms with van der Waals surface area (Å²) < 4.78 is 34.3. The molecule has 23 heavy (non-hydrogen) atoms. The van der Waals surface area contributed by atoms with Crippen molar-refractivity contribution in [3.05, 3.63) is 54.1 Å². The number of hydrogen-bond donors (Lipinski definition) is 0. The normalized spacial score (nSPS) is 10.8. The molecule has 0 atom stereocenters. The van der Waals surface area contributed by atoms with Gasteiger partial charge < -0.3 is 4.74 Å². The second kappa shape index (κ2) is 7.99. The van der Waals surface area contributed by atoms with Crippen LogP contribution in [-0.4, -0.2) is 26.8 Å². The molecule has 0 N–H and O–H groups in total. The van der Waals surface area contributed by atoms with Gasteiger partial charge in [0.2, 0.25) is 0 Å². The van der Waals surface area contributed by atoms with Crippen LogP contribution in [0, 0.1) is 6.92 Å². The zero-order valence-corrected chi connectivity index (χ0v) is 14.1. The zero-order chi connectivity index (χ0) is 16.7. The summed E-state index contributed by atoms with van der Waals surface area (Å²) in [5.74, 6) is 0.588. The summed E-state index contributed by atoms with van der Waals surface area (Å²) in [6, 6.07) is 13.3. The molecule has 0 spiro atoms. The molecule has 0 aliphatic carbocycles. The van der Waals surface area contributed by atoms with Crippen LogP contribution in [0.2, 0.25) is 0 Å². The highest BCUT2D eigenvalue weighted by Crippen LogP contribution is 2.18. The van der Waals surface area contributed by atoms with Crippen LogP contribution in [0.5, 0.6) is 5.75 Å².